The van der Waals surface area contributed by atoms with Crippen molar-refractivity contribution in [2.75, 3.05) is 32.8 Å². The Bertz CT molecular complexity index is 1110. The van der Waals surface area contributed by atoms with Crippen LogP contribution in [0, 0.1) is 11.3 Å². The summed E-state index contributed by atoms with van der Waals surface area (Å²) < 4.78 is 0. The number of hydrogen-bond acceptors (Lipinski definition) is 5. The Kier molecular flexibility index (Phi) is 5.13. The highest BCUT2D eigenvalue weighted by Crippen LogP contribution is 2.42. The number of amides is 2. The SMILES string of the molecule is O=C(/C=C/c1ccccc1)N1C[C@@H]2CN(C(=O)c3c[nH]c(=O)[nH]c3=O)C[C@]2(CO)C1. The number of aliphatic hydroxyl groups excluding tert-OH is 1. The van der Waals surface area contributed by atoms with E-state index in [0.717, 1.165) is 11.8 Å². The fraction of sp³-hybridized carbons (Fsp3) is 0.333. The van der Waals surface area contributed by atoms with E-state index < -0.39 is 22.6 Å². The second-order valence-electron chi connectivity index (χ2n) is 7.85. The van der Waals surface area contributed by atoms with Crippen LogP contribution in [0.5, 0.6) is 0 Å². The maximum Gasteiger partial charge on any atom is 0.325 e. The van der Waals surface area contributed by atoms with Gasteiger partial charge in [0.05, 0.1) is 6.61 Å². The van der Waals surface area contributed by atoms with Crippen LogP contribution in [-0.2, 0) is 4.79 Å². The summed E-state index contributed by atoms with van der Waals surface area (Å²) in [6.07, 6.45) is 4.37. The van der Waals surface area contributed by atoms with Crippen molar-refractivity contribution in [1.82, 2.24) is 19.8 Å². The summed E-state index contributed by atoms with van der Waals surface area (Å²) in [5, 5.41) is 10.1. The third kappa shape index (κ3) is 3.59. The first-order valence-corrected chi connectivity index (χ1v) is 9.66. The maximum absolute atomic E-state index is 12.8. The molecule has 2 aromatic rings. The van der Waals surface area contributed by atoms with Crippen LogP contribution in [0.25, 0.3) is 6.08 Å². The van der Waals surface area contributed by atoms with Crippen LogP contribution in [0.15, 0.2) is 52.2 Å². The van der Waals surface area contributed by atoms with Gasteiger partial charge in [0, 0.05) is 49.8 Å². The zero-order valence-corrected chi connectivity index (χ0v) is 16.2. The molecule has 0 unspecified atom stereocenters. The van der Waals surface area contributed by atoms with E-state index in [0.29, 0.717) is 19.6 Å². The summed E-state index contributed by atoms with van der Waals surface area (Å²) in [5.41, 5.74) is -1.28. The molecule has 1 aromatic heterocycles. The Morgan fingerprint density at radius 1 is 1.13 bits per heavy atom. The largest absolute Gasteiger partial charge is 0.396 e. The van der Waals surface area contributed by atoms with Crippen molar-refractivity contribution in [3.05, 3.63) is 74.6 Å². The molecule has 0 radical (unpaired) electrons. The molecule has 9 heteroatoms. The molecule has 2 aliphatic rings. The van der Waals surface area contributed by atoms with E-state index in [9.17, 15) is 24.3 Å². The maximum atomic E-state index is 12.8. The molecule has 2 fully saturated rings. The Labute approximate surface area is 171 Å². The van der Waals surface area contributed by atoms with Gasteiger partial charge in [-0.15, -0.1) is 0 Å². The van der Waals surface area contributed by atoms with E-state index in [1.54, 1.807) is 11.0 Å². The minimum atomic E-state index is -0.748. The van der Waals surface area contributed by atoms with Crippen LogP contribution in [-0.4, -0.2) is 69.5 Å². The fourth-order valence-electron chi connectivity index (χ4n) is 4.30. The number of fused-ring (bicyclic) bond motifs is 1. The predicted molar refractivity (Wildman–Crippen MR) is 109 cm³/mol. The van der Waals surface area contributed by atoms with Crippen molar-refractivity contribution in [2.45, 2.75) is 0 Å². The normalized spacial score (nSPS) is 23.2. The van der Waals surface area contributed by atoms with Crippen LogP contribution in [0.3, 0.4) is 0 Å². The number of nitrogens with zero attached hydrogens (tertiary/aromatic N) is 2. The minimum absolute atomic E-state index is 0.0950. The van der Waals surface area contributed by atoms with E-state index in [1.807, 2.05) is 35.3 Å². The lowest BCUT2D eigenvalue weighted by atomic mass is 9.82. The first-order chi connectivity index (χ1) is 14.4. The van der Waals surface area contributed by atoms with E-state index in [1.165, 1.54) is 11.0 Å². The van der Waals surface area contributed by atoms with E-state index >= 15 is 0 Å². The van der Waals surface area contributed by atoms with E-state index in [4.69, 9.17) is 0 Å². The molecule has 2 atom stereocenters. The van der Waals surface area contributed by atoms with Crippen molar-refractivity contribution in [3.63, 3.8) is 0 Å². The summed E-state index contributed by atoms with van der Waals surface area (Å²) in [6.45, 7) is 1.14. The molecule has 4 rings (SSSR count). The smallest absolute Gasteiger partial charge is 0.325 e. The van der Waals surface area contributed by atoms with Gasteiger partial charge in [-0.25, -0.2) is 4.79 Å². The molecule has 3 N–H and O–H groups in total. The van der Waals surface area contributed by atoms with Gasteiger partial charge in [0.15, 0.2) is 0 Å². The fourth-order valence-corrected chi connectivity index (χ4v) is 4.30. The van der Waals surface area contributed by atoms with Crippen molar-refractivity contribution >= 4 is 17.9 Å². The molecule has 2 aliphatic heterocycles. The molecule has 0 bridgehead atoms. The molecule has 0 saturated carbocycles. The number of aliphatic hydroxyl groups is 1. The number of carbonyl (C=O) groups excluding carboxylic acids is 2. The number of aromatic amines is 2. The Hall–Kier alpha value is -3.46. The summed E-state index contributed by atoms with van der Waals surface area (Å²) in [4.78, 5) is 56.0. The number of hydrogen-bond donors (Lipinski definition) is 3. The highest BCUT2D eigenvalue weighted by molar-refractivity contribution is 5.94. The van der Waals surface area contributed by atoms with E-state index in [2.05, 4.69) is 4.98 Å². The van der Waals surface area contributed by atoms with Gasteiger partial charge in [-0.1, -0.05) is 30.3 Å². The molecule has 0 spiro atoms. The highest BCUT2D eigenvalue weighted by atomic mass is 16.3. The molecule has 0 aliphatic carbocycles. The molecular weight excluding hydrogens is 388 g/mol. The van der Waals surface area contributed by atoms with Crippen LogP contribution in [0.4, 0.5) is 0 Å². The summed E-state index contributed by atoms with van der Waals surface area (Å²) in [7, 11) is 0. The van der Waals surface area contributed by atoms with Crippen LogP contribution >= 0.6 is 0 Å². The second-order valence-corrected chi connectivity index (χ2v) is 7.85. The van der Waals surface area contributed by atoms with Gasteiger partial charge >= 0.3 is 5.69 Å². The van der Waals surface area contributed by atoms with Crippen LogP contribution in [0.2, 0.25) is 0 Å². The second kappa shape index (κ2) is 7.75. The molecule has 2 saturated heterocycles. The number of H-pyrrole nitrogens is 2. The van der Waals surface area contributed by atoms with Crippen molar-refractivity contribution < 1.29 is 14.7 Å². The lowest BCUT2D eigenvalue weighted by molar-refractivity contribution is -0.125. The molecular formula is C21H22N4O5. The van der Waals surface area contributed by atoms with Gasteiger partial charge in [0.1, 0.15) is 5.56 Å². The van der Waals surface area contributed by atoms with Crippen molar-refractivity contribution in [3.8, 4) is 0 Å². The van der Waals surface area contributed by atoms with Crippen molar-refractivity contribution in [2.24, 2.45) is 11.3 Å². The third-order valence-electron chi connectivity index (χ3n) is 5.94. The van der Waals surface area contributed by atoms with E-state index in [-0.39, 0.29) is 30.5 Å². The van der Waals surface area contributed by atoms with Gasteiger partial charge in [0.2, 0.25) is 5.91 Å². The highest BCUT2D eigenvalue weighted by Gasteiger charge is 2.54. The number of carbonyl (C=O) groups is 2. The first-order valence-electron chi connectivity index (χ1n) is 9.66. The number of aromatic nitrogens is 2. The van der Waals surface area contributed by atoms with Crippen molar-refractivity contribution in [1.29, 1.82) is 0 Å². The number of benzene rings is 1. The van der Waals surface area contributed by atoms with Gasteiger partial charge in [-0.3, -0.25) is 19.4 Å². The quantitative estimate of drug-likeness (QED) is 0.595. The third-order valence-corrected chi connectivity index (χ3v) is 5.94. The van der Waals surface area contributed by atoms with Crippen LogP contribution in [0.1, 0.15) is 15.9 Å². The average molecular weight is 410 g/mol. The topological polar surface area (TPSA) is 127 Å². The minimum Gasteiger partial charge on any atom is -0.396 e. The molecule has 3 heterocycles. The summed E-state index contributed by atoms with van der Waals surface area (Å²) in [5.74, 6) is -0.741. The lowest BCUT2D eigenvalue weighted by Gasteiger charge is -2.26. The van der Waals surface area contributed by atoms with Crippen LogP contribution < -0.4 is 11.2 Å². The number of likely N-dealkylation sites (tertiary alicyclic amines) is 2. The summed E-state index contributed by atoms with van der Waals surface area (Å²) in [6, 6.07) is 9.49. The lowest BCUT2D eigenvalue weighted by Crippen LogP contribution is -2.41. The van der Waals surface area contributed by atoms with Gasteiger partial charge < -0.3 is 19.9 Å². The number of rotatable bonds is 4. The first kappa shape index (κ1) is 19.8. The Balaban J connectivity index is 1.46. The monoisotopic (exact) mass is 410 g/mol. The molecule has 2 amide bonds. The van der Waals surface area contributed by atoms with Gasteiger partial charge in [-0.05, 0) is 11.6 Å². The Morgan fingerprint density at radius 3 is 2.50 bits per heavy atom. The zero-order valence-electron chi connectivity index (χ0n) is 16.2. The number of nitrogens with one attached hydrogen (secondary N) is 2. The van der Waals surface area contributed by atoms with Gasteiger partial charge in [-0.2, -0.15) is 0 Å². The zero-order chi connectivity index (χ0) is 21.3. The predicted octanol–water partition coefficient (Wildman–Crippen LogP) is -0.330. The average Bonchev–Trinajstić information content (AvgIpc) is 3.27. The van der Waals surface area contributed by atoms with Gasteiger partial charge in [0.25, 0.3) is 11.5 Å². The molecule has 156 valence electrons. The molecule has 30 heavy (non-hydrogen) atoms. The summed E-state index contributed by atoms with van der Waals surface area (Å²) >= 11 is 0. The Morgan fingerprint density at radius 2 is 1.83 bits per heavy atom. The standard InChI is InChI=1S/C21H22N4O5/c26-13-21-11-24(17(27)7-6-14-4-2-1-3-5-14)9-15(21)10-25(12-21)19(29)16-8-22-20(30)23-18(16)28/h1-8,15,26H,9-13H2,(H2,22,23,28,30)/b7-6+/t15-,21+/m1/s1. The molecule has 1 aromatic carbocycles. The molecule has 9 nitrogen and oxygen atoms in total.